The van der Waals surface area contributed by atoms with Crippen molar-refractivity contribution in [2.75, 3.05) is 18.1 Å². The summed E-state index contributed by atoms with van der Waals surface area (Å²) in [6.45, 7) is 1.75. The smallest absolute Gasteiger partial charge is 0.128 e. The van der Waals surface area contributed by atoms with Crippen LogP contribution >= 0.6 is 11.6 Å². The van der Waals surface area contributed by atoms with Crippen molar-refractivity contribution >= 4 is 17.4 Å². The van der Waals surface area contributed by atoms with Gasteiger partial charge in [0.25, 0.3) is 0 Å². The van der Waals surface area contributed by atoms with Crippen molar-refractivity contribution in [3.8, 4) is 0 Å². The summed E-state index contributed by atoms with van der Waals surface area (Å²) >= 11 is 5.86. The van der Waals surface area contributed by atoms with Crippen LogP contribution in [0.4, 0.5) is 5.82 Å². The topological polar surface area (TPSA) is 25.4 Å². The van der Waals surface area contributed by atoms with Crippen molar-refractivity contribution < 1.29 is 4.74 Å². The van der Waals surface area contributed by atoms with Crippen molar-refractivity contribution in [1.29, 1.82) is 0 Å². The molecule has 2 fully saturated rings. The summed E-state index contributed by atoms with van der Waals surface area (Å²) in [5, 5.41) is 0.694. The molecule has 1 aliphatic heterocycles. The van der Waals surface area contributed by atoms with Gasteiger partial charge >= 0.3 is 0 Å². The van der Waals surface area contributed by atoms with E-state index in [0.29, 0.717) is 17.2 Å². The maximum Gasteiger partial charge on any atom is 0.128 e. The van der Waals surface area contributed by atoms with Gasteiger partial charge in [0.15, 0.2) is 0 Å². The average molecular weight is 239 g/mol. The number of aromatic nitrogens is 1. The Morgan fingerprint density at radius 2 is 2.31 bits per heavy atom. The molecule has 0 radical (unpaired) electrons. The highest BCUT2D eigenvalue weighted by Gasteiger charge is 2.36. The molecule has 0 amide bonds. The minimum atomic E-state index is 0.409. The van der Waals surface area contributed by atoms with Crippen LogP contribution in [0.15, 0.2) is 18.3 Å². The van der Waals surface area contributed by atoms with Crippen molar-refractivity contribution in [1.82, 2.24) is 4.98 Å². The molecular formula is C12H15ClN2O. The lowest BCUT2D eigenvalue weighted by Crippen LogP contribution is -2.49. The number of halogens is 1. The van der Waals surface area contributed by atoms with Crippen molar-refractivity contribution in [3.05, 3.63) is 23.4 Å². The lowest BCUT2D eigenvalue weighted by molar-refractivity contribution is 0.0253. The van der Waals surface area contributed by atoms with Crippen LogP contribution in [-0.4, -0.2) is 30.3 Å². The van der Waals surface area contributed by atoms with E-state index >= 15 is 0 Å². The molecule has 0 aromatic carbocycles. The lowest BCUT2D eigenvalue weighted by Gasteiger charge is -2.38. The Hall–Kier alpha value is -0.800. The summed E-state index contributed by atoms with van der Waals surface area (Å²) < 4.78 is 5.78. The molecule has 1 aromatic heterocycles. The highest BCUT2D eigenvalue weighted by atomic mass is 35.5. The quantitative estimate of drug-likeness (QED) is 0.752. The van der Waals surface area contributed by atoms with Crippen molar-refractivity contribution in [2.24, 2.45) is 0 Å². The minimum Gasteiger partial charge on any atom is -0.374 e. The van der Waals surface area contributed by atoms with Crippen molar-refractivity contribution in [3.63, 3.8) is 0 Å². The van der Waals surface area contributed by atoms with Gasteiger partial charge in [0.1, 0.15) is 5.82 Å². The fraction of sp³-hybridized carbons (Fsp3) is 0.583. The standard InChI is InChI=1S/C12H15ClN2O/c13-9-4-5-12(14-8-9)15-6-7-16-11-3-1-2-10(11)15/h4-5,8,10-11H,1-3,6-7H2. The first-order chi connectivity index (χ1) is 7.84. The minimum absolute atomic E-state index is 0.409. The molecule has 1 aliphatic carbocycles. The van der Waals surface area contributed by atoms with Gasteiger partial charge < -0.3 is 9.64 Å². The molecule has 4 heteroatoms. The molecule has 1 saturated carbocycles. The van der Waals surface area contributed by atoms with Gasteiger partial charge in [0, 0.05) is 12.7 Å². The maximum atomic E-state index is 5.86. The number of rotatable bonds is 1. The Bertz CT molecular complexity index is 368. The molecule has 2 unspecified atom stereocenters. The molecule has 3 rings (SSSR count). The molecule has 0 N–H and O–H groups in total. The van der Waals surface area contributed by atoms with Crippen LogP contribution in [0.25, 0.3) is 0 Å². The number of hydrogen-bond donors (Lipinski definition) is 0. The zero-order chi connectivity index (χ0) is 11.0. The molecule has 2 atom stereocenters. The summed E-state index contributed by atoms with van der Waals surface area (Å²) in [5.74, 6) is 1.03. The van der Waals surface area contributed by atoms with Gasteiger partial charge in [-0.05, 0) is 31.4 Å². The Balaban J connectivity index is 1.85. The highest BCUT2D eigenvalue weighted by molar-refractivity contribution is 6.30. The average Bonchev–Trinajstić information content (AvgIpc) is 2.78. The zero-order valence-corrected chi connectivity index (χ0v) is 9.86. The van der Waals surface area contributed by atoms with Gasteiger partial charge in [-0.1, -0.05) is 11.6 Å². The molecule has 1 aromatic rings. The van der Waals surface area contributed by atoms with E-state index in [1.54, 1.807) is 6.20 Å². The molecule has 16 heavy (non-hydrogen) atoms. The van der Waals surface area contributed by atoms with Gasteiger partial charge in [-0.25, -0.2) is 4.98 Å². The third-order valence-electron chi connectivity index (χ3n) is 3.49. The third-order valence-corrected chi connectivity index (χ3v) is 3.71. The zero-order valence-electron chi connectivity index (χ0n) is 9.10. The lowest BCUT2D eigenvalue weighted by atomic mass is 10.1. The molecule has 0 spiro atoms. The number of fused-ring (bicyclic) bond motifs is 1. The molecule has 2 aliphatic rings. The van der Waals surface area contributed by atoms with Gasteiger partial charge in [-0.15, -0.1) is 0 Å². The van der Waals surface area contributed by atoms with Crippen LogP contribution in [-0.2, 0) is 4.74 Å². The molecular weight excluding hydrogens is 224 g/mol. The van der Waals surface area contributed by atoms with E-state index in [-0.39, 0.29) is 0 Å². The van der Waals surface area contributed by atoms with Crippen LogP contribution < -0.4 is 4.90 Å². The summed E-state index contributed by atoms with van der Waals surface area (Å²) in [5.41, 5.74) is 0. The summed E-state index contributed by atoms with van der Waals surface area (Å²) in [7, 11) is 0. The second-order valence-electron chi connectivity index (χ2n) is 4.44. The number of hydrogen-bond acceptors (Lipinski definition) is 3. The summed E-state index contributed by atoms with van der Waals surface area (Å²) in [6, 6.07) is 4.43. The first-order valence-electron chi connectivity index (χ1n) is 5.84. The Morgan fingerprint density at radius 3 is 3.12 bits per heavy atom. The fourth-order valence-electron chi connectivity index (χ4n) is 2.75. The van der Waals surface area contributed by atoms with E-state index in [1.165, 1.54) is 19.3 Å². The first kappa shape index (κ1) is 10.4. The van der Waals surface area contributed by atoms with Crippen LogP contribution in [0, 0.1) is 0 Å². The number of ether oxygens (including phenoxy) is 1. The number of pyridine rings is 1. The van der Waals surface area contributed by atoms with Gasteiger partial charge in [0.05, 0.1) is 23.8 Å². The van der Waals surface area contributed by atoms with E-state index in [4.69, 9.17) is 16.3 Å². The maximum absolute atomic E-state index is 5.86. The Morgan fingerprint density at radius 1 is 1.38 bits per heavy atom. The van der Waals surface area contributed by atoms with Gasteiger partial charge in [0.2, 0.25) is 0 Å². The number of morpholine rings is 1. The molecule has 1 saturated heterocycles. The largest absolute Gasteiger partial charge is 0.374 e. The van der Waals surface area contributed by atoms with E-state index in [1.807, 2.05) is 12.1 Å². The number of anilines is 1. The van der Waals surface area contributed by atoms with Gasteiger partial charge in [-0.3, -0.25) is 0 Å². The van der Waals surface area contributed by atoms with Crippen LogP contribution in [0.2, 0.25) is 5.02 Å². The van der Waals surface area contributed by atoms with Crippen LogP contribution in [0.3, 0.4) is 0 Å². The Labute approximate surface area is 100 Å². The fourth-order valence-corrected chi connectivity index (χ4v) is 2.86. The number of nitrogens with zero attached hydrogens (tertiary/aromatic N) is 2. The van der Waals surface area contributed by atoms with E-state index < -0.39 is 0 Å². The molecule has 0 bridgehead atoms. The monoisotopic (exact) mass is 238 g/mol. The van der Waals surface area contributed by atoms with Crippen LogP contribution in [0.5, 0.6) is 0 Å². The predicted octanol–water partition coefficient (Wildman–Crippen LogP) is 2.49. The highest BCUT2D eigenvalue weighted by Crippen LogP contribution is 2.32. The summed E-state index contributed by atoms with van der Waals surface area (Å²) in [4.78, 5) is 6.77. The second kappa shape index (κ2) is 4.22. The van der Waals surface area contributed by atoms with Crippen molar-refractivity contribution in [2.45, 2.75) is 31.4 Å². The third kappa shape index (κ3) is 1.78. The normalized spacial score (nSPS) is 29.2. The molecule has 86 valence electrons. The predicted molar refractivity (Wildman–Crippen MR) is 64.0 cm³/mol. The van der Waals surface area contributed by atoms with E-state index in [0.717, 1.165) is 19.0 Å². The van der Waals surface area contributed by atoms with E-state index in [9.17, 15) is 0 Å². The first-order valence-corrected chi connectivity index (χ1v) is 6.22. The van der Waals surface area contributed by atoms with Crippen LogP contribution in [0.1, 0.15) is 19.3 Å². The second-order valence-corrected chi connectivity index (χ2v) is 4.87. The molecule has 2 heterocycles. The SMILES string of the molecule is Clc1ccc(N2CCOC3CCCC32)nc1. The Kier molecular flexibility index (Phi) is 2.74. The molecule has 3 nitrogen and oxygen atoms in total. The summed E-state index contributed by atoms with van der Waals surface area (Å²) in [6.07, 6.45) is 5.80. The van der Waals surface area contributed by atoms with Gasteiger partial charge in [-0.2, -0.15) is 0 Å². The van der Waals surface area contributed by atoms with E-state index in [2.05, 4.69) is 9.88 Å².